The molecule has 2 rings (SSSR count). The topological polar surface area (TPSA) is 49.8 Å². The normalized spacial score (nSPS) is 9.78. The predicted octanol–water partition coefficient (Wildman–Crippen LogP) is 2.40. The van der Waals surface area contributed by atoms with Gasteiger partial charge >= 0.3 is 5.97 Å². The van der Waals surface area contributed by atoms with Gasteiger partial charge in [0.2, 0.25) is 0 Å². The van der Waals surface area contributed by atoms with Crippen LogP contribution in [0.3, 0.4) is 0 Å². The number of hydrogen-bond donors (Lipinski definition) is 1. The lowest BCUT2D eigenvalue weighted by Gasteiger charge is -2.03. The maximum absolute atomic E-state index is 10.1. The second kappa shape index (κ2) is 7.42. The number of carbonyl (C=O) groups excluding carboxylic acids is 1. The van der Waals surface area contributed by atoms with Gasteiger partial charge in [-0.25, -0.2) is 4.79 Å². The summed E-state index contributed by atoms with van der Waals surface area (Å²) in [5.41, 5.74) is 0. The first-order valence-corrected chi connectivity index (χ1v) is 5.56. The number of rotatable bonds is 2. The molecule has 0 atom stereocenters. The summed E-state index contributed by atoms with van der Waals surface area (Å²) in [5.74, 6) is -0.644. The summed E-state index contributed by atoms with van der Waals surface area (Å²) in [6.45, 7) is 0.108. The minimum Gasteiger partial charge on any atom is -0.300 e. The van der Waals surface area contributed by atoms with Crippen LogP contribution in [0, 0.1) is 0 Å². The van der Waals surface area contributed by atoms with Crippen molar-refractivity contribution in [3.63, 3.8) is 0 Å². The number of hydrogen-bond acceptors (Lipinski definition) is 4. The van der Waals surface area contributed by atoms with Crippen molar-refractivity contribution in [3.05, 3.63) is 48.5 Å². The van der Waals surface area contributed by atoms with Crippen molar-refractivity contribution >= 4 is 16.7 Å². The van der Waals surface area contributed by atoms with Crippen molar-refractivity contribution in [1.29, 1.82) is 0 Å². The summed E-state index contributed by atoms with van der Waals surface area (Å²) in [6, 6.07) is 16.7. The first-order valence-electron chi connectivity index (χ1n) is 5.56. The Balaban J connectivity index is 0.000000187. The highest BCUT2D eigenvalue weighted by Gasteiger charge is 2.00. The Hall–Kier alpha value is -1.91. The molecule has 0 unspecified atom stereocenters. The van der Waals surface area contributed by atoms with E-state index in [2.05, 4.69) is 53.4 Å². The fraction of sp³-hybridized carbons (Fsp3) is 0.214. The maximum Gasteiger partial charge on any atom is 0.355 e. The smallest absolute Gasteiger partial charge is 0.300 e. The zero-order valence-corrected chi connectivity index (χ0v) is 10.5. The molecule has 0 bridgehead atoms. The fourth-order valence-corrected chi connectivity index (χ4v) is 1.42. The Bertz CT molecular complexity index is 432. The van der Waals surface area contributed by atoms with Gasteiger partial charge in [0, 0.05) is 0 Å². The highest BCUT2D eigenvalue weighted by molar-refractivity contribution is 5.82. The van der Waals surface area contributed by atoms with E-state index in [0.29, 0.717) is 0 Å². The van der Waals surface area contributed by atoms with E-state index < -0.39 is 5.97 Å². The molecule has 0 amide bonds. The lowest BCUT2D eigenvalue weighted by molar-refractivity contribution is -0.234. The van der Waals surface area contributed by atoms with Crippen LogP contribution in [0.4, 0.5) is 0 Å². The zero-order chi connectivity index (χ0) is 13.4. The molecule has 1 N–H and O–H groups in total. The molecule has 0 fully saturated rings. The highest BCUT2D eigenvalue weighted by Crippen LogP contribution is 2.11. The monoisotopic (exact) mass is 247 g/mol. The van der Waals surface area contributed by atoms with E-state index in [1.807, 2.05) is 0 Å². The largest absolute Gasteiger partial charge is 0.355 e. The zero-order valence-electron chi connectivity index (χ0n) is 10.5. The van der Waals surface area contributed by atoms with Gasteiger partial charge in [-0.05, 0) is 24.9 Å². The van der Waals surface area contributed by atoms with E-state index in [9.17, 15) is 4.79 Å². The molecule has 0 aliphatic rings. The number of fused-ring (bicyclic) bond motifs is 1. The molecular weight excluding hydrogens is 230 g/mol. The lowest BCUT2D eigenvalue weighted by Crippen LogP contribution is -2.22. The van der Waals surface area contributed by atoms with Crippen molar-refractivity contribution in [1.82, 2.24) is 4.90 Å². The summed E-state index contributed by atoms with van der Waals surface area (Å²) in [6.07, 6.45) is 0. The third kappa shape index (κ3) is 4.95. The average molecular weight is 247 g/mol. The standard InChI is InChI=1S/C10H8.C4H9NO3/c1-2-6-10-8-4-3-7-9(10)5-1;1-5(2)3-4(6)8-7/h1-8H;7H,3H2,1-2H3. The Morgan fingerprint density at radius 1 is 1.06 bits per heavy atom. The van der Waals surface area contributed by atoms with Crippen LogP contribution in [0.25, 0.3) is 10.8 Å². The molecule has 0 spiro atoms. The summed E-state index contributed by atoms with van der Waals surface area (Å²) in [5, 5.41) is 10.3. The van der Waals surface area contributed by atoms with Crippen LogP contribution in [0.2, 0.25) is 0 Å². The van der Waals surface area contributed by atoms with E-state index in [0.717, 1.165) is 0 Å². The molecule has 2 aromatic rings. The molecule has 4 heteroatoms. The summed E-state index contributed by atoms with van der Waals surface area (Å²) >= 11 is 0. The number of nitrogens with zero attached hydrogens (tertiary/aromatic N) is 1. The van der Waals surface area contributed by atoms with Crippen LogP contribution in [0.1, 0.15) is 0 Å². The van der Waals surface area contributed by atoms with Crippen LogP contribution in [0.15, 0.2) is 48.5 Å². The predicted molar refractivity (Wildman–Crippen MR) is 71.2 cm³/mol. The van der Waals surface area contributed by atoms with Crippen LogP contribution in [0.5, 0.6) is 0 Å². The number of benzene rings is 2. The van der Waals surface area contributed by atoms with E-state index in [4.69, 9.17) is 5.26 Å². The third-order valence-electron chi connectivity index (χ3n) is 2.21. The van der Waals surface area contributed by atoms with Gasteiger partial charge in [-0.1, -0.05) is 48.5 Å². The summed E-state index contributed by atoms with van der Waals surface area (Å²) < 4.78 is 0. The van der Waals surface area contributed by atoms with Gasteiger partial charge in [-0.3, -0.25) is 9.79 Å². The van der Waals surface area contributed by atoms with Gasteiger partial charge in [0.25, 0.3) is 0 Å². The third-order valence-corrected chi connectivity index (χ3v) is 2.21. The molecule has 0 radical (unpaired) electrons. The Kier molecular flexibility index (Phi) is 5.84. The molecule has 18 heavy (non-hydrogen) atoms. The van der Waals surface area contributed by atoms with Crippen molar-refractivity contribution in [3.8, 4) is 0 Å². The Morgan fingerprint density at radius 2 is 1.44 bits per heavy atom. The van der Waals surface area contributed by atoms with E-state index in [1.54, 1.807) is 19.0 Å². The Morgan fingerprint density at radius 3 is 1.67 bits per heavy atom. The van der Waals surface area contributed by atoms with Crippen LogP contribution < -0.4 is 0 Å². The first kappa shape index (κ1) is 14.2. The SMILES string of the molecule is CN(C)CC(=O)OO.c1ccc2ccccc2c1. The minimum atomic E-state index is -0.644. The fourth-order valence-electron chi connectivity index (χ4n) is 1.42. The van der Waals surface area contributed by atoms with E-state index >= 15 is 0 Å². The van der Waals surface area contributed by atoms with Crippen molar-refractivity contribution in [2.75, 3.05) is 20.6 Å². The molecule has 0 aliphatic carbocycles. The van der Waals surface area contributed by atoms with Gasteiger partial charge in [-0.15, -0.1) is 0 Å². The number of likely N-dealkylation sites (N-methyl/N-ethyl adjacent to an activating group) is 1. The number of carbonyl (C=O) groups is 1. The molecule has 0 saturated carbocycles. The van der Waals surface area contributed by atoms with Crippen molar-refractivity contribution in [2.24, 2.45) is 0 Å². The van der Waals surface area contributed by atoms with Crippen molar-refractivity contribution in [2.45, 2.75) is 0 Å². The molecule has 0 saturated heterocycles. The molecule has 0 aliphatic heterocycles. The van der Waals surface area contributed by atoms with Gasteiger partial charge in [-0.2, -0.15) is 5.26 Å². The van der Waals surface area contributed by atoms with Gasteiger partial charge in [0.1, 0.15) is 0 Å². The average Bonchev–Trinajstić information content (AvgIpc) is 2.39. The summed E-state index contributed by atoms with van der Waals surface area (Å²) in [7, 11) is 3.41. The Labute approximate surface area is 106 Å². The molecule has 0 aromatic heterocycles. The highest BCUT2D eigenvalue weighted by atomic mass is 17.1. The summed E-state index contributed by atoms with van der Waals surface area (Å²) in [4.78, 5) is 15.1. The lowest BCUT2D eigenvalue weighted by atomic mass is 10.1. The van der Waals surface area contributed by atoms with Gasteiger partial charge in [0.15, 0.2) is 0 Å². The molecule has 4 nitrogen and oxygen atoms in total. The van der Waals surface area contributed by atoms with Gasteiger partial charge < -0.3 is 0 Å². The molecule has 0 heterocycles. The van der Waals surface area contributed by atoms with E-state index in [1.165, 1.54) is 10.8 Å². The molecular formula is C14H17NO3. The van der Waals surface area contributed by atoms with Crippen LogP contribution in [-0.4, -0.2) is 36.8 Å². The second-order valence-corrected chi connectivity index (χ2v) is 4.05. The molecule has 96 valence electrons. The maximum atomic E-state index is 10.1. The van der Waals surface area contributed by atoms with Crippen molar-refractivity contribution < 1.29 is 14.9 Å². The first-order chi connectivity index (χ1) is 8.63. The quantitative estimate of drug-likeness (QED) is 0.654. The second-order valence-electron chi connectivity index (χ2n) is 4.05. The molecule has 2 aromatic carbocycles. The van der Waals surface area contributed by atoms with Gasteiger partial charge in [0.05, 0.1) is 6.54 Å². The van der Waals surface area contributed by atoms with Crippen LogP contribution >= 0.6 is 0 Å². The minimum absolute atomic E-state index is 0.108. The van der Waals surface area contributed by atoms with Crippen LogP contribution in [-0.2, 0) is 9.68 Å². The van der Waals surface area contributed by atoms with E-state index in [-0.39, 0.29) is 6.54 Å².